The van der Waals surface area contributed by atoms with Crippen LogP contribution in [0.2, 0.25) is 0 Å². The van der Waals surface area contributed by atoms with Crippen LogP contribution in [0, 0.1) is 6.92 Å². The van der Waals surface area contributed by atoms with Crippen LogP contribution in [0.1, 0.15) is 29.5 Å². The van der Waals surface area contributed by atoms with Crippen LogP contribution in [-0.2, 0) is 12.8 Å². The third-order valence-corrected chi connectivity index (χ3v) is 4.77. The van der Waals surface area contributed by atoms with Gasteiger partial charge in [0.2, 0.25) is 0 Å². The quantitative estimate of drug-likeness (QED) is 0.566. The Morgan fingerprint density at radius 1 is 1.32 bits per heavy atom. The first-order valence-corrected chi connectivity index (χ1v) is 7.63. The molecule has 1 atom stereocenters. The van der Waals surface area contributed by atoms with Gasteiger partial charge in [-0.2, -0.15) is 5.10 Å². The fourth-order valence-electron chi connectivity index (χ4n) is 3.77. The number of nitrogens with one attached hydrogen (secondary N) is 2. The predicted octanol–water partition coefficient (Wildman–Crippen LogP) is 2.67. The molecule has 0 amide bonds. The first-order chi connectivity index (χ1) is 10.8. The summed E-state index contributed by atoms with van der Waals surface area (Å²) in [5, 5.41) is 8.44. The maximum atomic E-state index is 4.72. The van der Waals surface area contributed by atoms with Crippen LogP contribution in [-0.4, -0.2) is 29.7 Å². The Hall–Kier alpha value is -2.63. The van der Waals surface area contributed by atoms with E-state index in [1.807, 2.05) is 18.6 Å². The van der Waals surface area contributed by atoms with Crippen molar-refractivity contribution in [2.45, 2.75) is 32.2 Å². The van der Waals surface area contributed by atoms with Crippen molar-refractivity contribution in [3.8, 4) is 0 Å². The standard InChI is InChI=1S/C16H16N6/c1-9-20-14-8-18-16-12(4-5-17-16)15(14)22(9)11-2-3-13-10(6-11)7-19-21-13/h4-5,7-8,11H,2-3,6H2,1H3,(H,17,18)(H,19,21). The molecule has 110 valence electrons. The maximum absolute atomic E-state index is 4.72. The third kappa shape index (κ3) is 1.52. The zero-order valence-electron chi connectivity index (χ0n) is 12.3. The summed E-state index contributed by atoms with van der Waals surface area (Å²) >= 11 is 0. The highest BCUT2D eigenvalue weighted by Crippen LogP contribution is 2.33. The minimum absolute atomic E-state index is 0.426. The third-order valence-electron chi connectivity index (χ3n) is 4.77. The summed E-state index contributed by atoms with van der Waals surface area (Å²) in [4.78, 5) is 12.4. The summed E-state index contributed by atoms with van der Waals surface area (Å²) < 4.78 is 2.39. The van der Waals surface area contributed by atoms with E-state index < -0.39 is 0 Å². The van der Waals surface area contributed by atoms with Gasteiger partial charge in [0.05, 0.1) is 17.9 Å². The van der Waals surface area contributed by atoms with E-state index in [2.05, 4.69) is 37.7 Å². The molecule has 0 saturated carbocycles. The lowest BCUT2D eigenvalue weighted by Gasteiger charge is -2.25. The van der Waals surface area contributed by atoms with Crippen LogP contribution in [0.25, 0.3) is 22.1 Å². The van der Waals surface area contributed by atoms with Crippen molar-refractivity contribution in [1.29, 1.82) is 0 Å². The van der Waals surface area contributed by atoms with Gasteiger partial charge in [-0.3, -0.25) is 5.10 Å². The van der Waals surface area contributed by atoms with Crippen LogP contribution in [0.5, 0.6) is 0 Å². The largest absolute Gasteiger partial charge is 0.346 e. The van der Waals surface area contributed by atoms with Crippen molar-refractivity contribution in [1.82, 2.24) is 29.7 Å². The average Bonchev–Trinajstić information content (AvgIpc) is 3.22. The number of imidazole rings is 1. The number of fused-ring (bicyclic) bond motifs is 4. The molecule has 5 rings (SSSR count). The van der Waals surface area contributed by atoms with Gasteiger partial charge >= 0.3 is 0 Å². The molecule has 6 nitrogen and oxygen atoms in total. The molecule has 4 aromatic rings. The van der Waals surface area contributed by atoms with E-state index in [4.69, 9.17) is 4.98 Å². The summed E-state index contributed by atoms with van der Waals surface area (Å²) in [5.41, 5.74) is 5.71. The van der Waals surface area contributed by atoms with E-state index in [9.17, 15) is 0 Å². The van der Waals surface area contributed by atoms with Crippen molar-refractivity contribution in [3.05, 3.63) is 41.7 Å². The number of nitrogens with zero attached hydrogens (tertiary/aromatic N) is 4. The molecule has 1 aliphatic rings. The summed E-state index contributed by atoms with van der Waals surface area (Å²) in [6.45, 7) is 2.09. The molecule has 1 unspecified atom stereocenters. The van der Waals surface area contributed by atoms with Crippen LogP contribution in [0.15, 0.2) is 24.7 Å². The monoisotopic (exact) mass is 292 g/mol. The van der Waals surface area contributed by atoms with Crippen molar-refractivity contribution in [2.24, 2.45) is 0 Å². The number of aryl methyl sites for hydroxylation is 2. The highest BCUT2D eigenvalue weighted by atomic mass is 15.1. The van der Waals surface area contributed by atoms with Gasteiger partial charge in [-0.05, 0) is 37.8 Å². The van der Waals surface area contributed by atoms with Gasteiger partial charge in [-0.1, -0.05) is 0 Å². The molecule has 1 aliphatic carbocycles. The van der Waals surface area contributed by atoms with Gasteiger partial charge in [0.25, 0.3) is 0 Å². The number of hydrogen-bond donors (Lipinski definition) is 2. The Balaban J connectivity index is 1.74. The van der Waals surface area contributed by atoms with Crippen molar-refractivity contribution < 1.29 is 0 Å². The fourth-order valence-corrected chi connectivity index (χ4v) is 3.77. The number of aromatic amines is 2. The predicted molar refractivity (Wildman–Crippen MR) is 83.8 cm³/mol. The molecule has 22 heavy (non-hydrogen) atoms. The molecule has 2 N–H and O–H groups in total. The normalized spacial score (nSPS) is 18.1. The highest BCUT2D eigenvalue weighted by molar-refractivity contribution is 6.01. The van der Waals surface area contributed by atoms with Crippen LogP contribution < -0.4 is 0 Å². The second-order valence-electron chi connectivity index (χ2n) is 6.03. The molecule has 4 aromatic heterocycles. The van der Waals surface area contributed by atoms with Crippen LogP contribution in [0.4, 0.5) is 0 Å². The van der Waals surface area contributed by atoms with E-state index >= 15 is 0 Å². The number of pyridine rings is 1. The maximum Gasteiger partial charge on any atom is 0.139 e. The van der Waals surface area contributed by atoms with Gasteiger partial charge < -0.3 is 9.55 Å². The molecule has 0 spiro atoms. The lowest BCUT2D eigenvalue weighted by atomic mass is 9.93. The Morgan fingerprint density at radius 3 is 3.23 bits per heavy atom. The first kappa shape index (κ1) is 12.0. The molecular weight excluding hydrogens is 276 g/mol. The minimum Gasteiger partial charge on any atom is -0.346 e. The fraction of sp³-hybridized carbons (Fsp3) is 0.312. The van der Waals surface area contributed by atoms with E-state index in [0.29, 0.717) is 6.04 Å². The lowest BCUT2D eigenvalue weighted by molar-refractivity contribution is 0.442. The zero-order valence-corrected chi connectivity index (χ0v) is 12.3. The topological polar surface area (TPSA) is 75.2 Å². The summed E-state index contributed by atoms with van der Waals surface area (Å²) in [6.07, 6.45) is 8.93. The highest BCUT2D eigenvalue weighted by Gasteiger charge is 2.25. The van der Waals surface area contributed by atoms with Gasteiger partial charge in [0, 0.05) is 23.3 Å². The Bertz CT molecular complexity index is 989. The summed E-state index contributed by atoms with van der Waals surface area (Å²) in [5.74, 6) is 1.06. The number of hydrogen-bond acceptors (Lipinski definition) is 3. The minimum atomic E-state index is 0.426. The Kier molecular flexibility index (Phi) is 2.28. The molecule has 0 bridgehead atoms. The SMILES string of the molecule is Cc1nc2cnc3[nH]ccc3c2n1C1CCc2[nH]ncc2C1. The molecule has 0 aromatic carbocycles. The average molecular weight is 292 g/mol. The van der Waals surface area contributed by atoms with Crippen molar-refractivity contribution >= 4 is 22.1 Å². The number of aromatic nitrogens is 6. The summed E-state index contributed by atoms with van der Waals surface area (Å²) in [6, 6.07) is 2.52. The van der Waals surface area contributed by atoms with Gasteiger partial charge in [-0.15, -0.1) is 0 Å². The molecule has 0 saturated heterocycles. The number of H-pyrrole nitrogens is 2. The Labute approximate surface area is 126 Å². The van der Waals surface area contributed by atoms with Gasteiger partial charge in [0.1, 0.15) is 17.0 Å². The van der Waals surface area contributed by atoms with E-state index in [-0.39, 0.29) is 0 Å². The van der Waals surface area contributed by atoms with E-state index in [1.165, 1.54) is 16.8 Å². The van der Waals surface area contributed by atoms with Gasteiger partial charge in [-0.25, -0.2) is 9.97 Å². The first-order valence-electron chi connectivity index (χ1n) is 7.63. The number of rotatable bonds is 1. The van der Waals surface area contributed by atoms with Gasteiger partial charge in [0.15, 0.2) is 0 Å². The van der Waals surface area contributed by atoms with Crippen LogP contribution >= 0.6 is 0 Å². The van der Waals surface area contributed by atoms with E-state index in [1.54, 1.807) is 0 Å². The molecular formula is C16H16N6. The molecule has 0 radical (unpaired) electrons. The van der Waals surface area contributed by atoms with Crippen LogP contribution in [0.3, 0.4) is 0 Å². The second kappa shape index (κ2) is 4.19. The van der Waals surface area contributed by atoms with E-state index in [0.717, 1.165) is 41.6 Å². The lowest BCUT2D eigenvalue weighted by Crippen LogP contribution is -2.19. The van der Waals surface area contributed by atoms with Crippen molar-refractivity contribution in [2.75, 3.05) is 0 Å². The second-order valence-corrected chi connectivity index (χ2v) is 6.03. The molecule has 6 heteroatoms. The zero-order chi connectivity index (χ0) is 14.7. The summed E-state index contributed by atoms with van der Waals surface area (Å²) in [7, 11) is 0. The smallest absolute Gasteiger partial charge is 0.139 e. The molecule has 4 heterocycles. The van der Waals surface area contributed by atoms with Crippen molar-refractivity contribution in [3.63, 3.8) is 0 Å². The Morgan fingerprint density at radius 2 is 2.27 bits per heavy atom. The molecule has 0 fully saturated rings. The molecule has 0 aliphatic heterocycles.